The van der Waals surface area contributed by atoms with Gasteiger partial charge in [-0.25, -0.2) is 0 Å². The Morgan fingerprint density at radius 2 is 1.96 bits per heavy atom. The van der Waals surface area contributed by atoms with E-state index in [1.807, 2.05) is 37.4 Å². The molecular formula is C19H27N3O2. The van der Waals surface area contributed by atoms with E-state index in [1.165, 1.54) is 0 Å². The fourth-order valence-corrected chi connectivity index (χ4v) is 3.73. The lowest BCUT2D eigenvalue weighted by molar-refractivity contribution is -0.137. The molecule has 24 heavy (non-hydrogen) atoms. The molecule has 0 N–H and O–H groups in total. The lowest BCUT2D eigenvalue weighted by atomic mass is 10.0. The summed E-state index contributed by atoms with van der Waals surface area (Å²) in [5.41, 5.74) is 0.919. The molecule has 0 aliphatic carbocycles. The number of piperidine rings is 2. The average molecular weight is 329 g/mol. The van der Waals surface area contributed by atoms with Crippen LogP contribution in [0.4, 0.5) is 5.69 Å². The summed E-state index contributed by atoms with van der Waals surface area (Å²) in [6, 6.07) is 10.0. The molecule has 0 saturated carbocycles. The van der Waals surface area contributed by atoms with Crippen molar-refractivity contribution in [2.45, 2.75) is 38.1 Å². The Morgan fingerprint density at radius 1 is 1.17 bits per heavy atom. The van der Waals surface area contributed by atoms with Gasteiger partial charge in [-0.3, -0.25) is 14.5 Å². The third-order valence-corrected chi connectivity index (χ3v) is 5.16. The molecule has 2 aliphatic rings. The van der Waals surface area contributed by atoms with Gasteiger partial charge in [0.1, 0.15) is 0 Å². The summed E-state index contributed by atoms with van der Waals surface area (Å²) in [4.78, 5) is 30.7. The summed E-state index contributed by atoms with van der Waals surface area (Å²) in [5, 5.41) is 0. The highest BCUT2D eigenvalue weighted by atomic mass is 16.2. The average Bonchev–Trinajstić information content (AvgIpc) is 2.62. The molecule has 2 aliphatic heterocycles. The van der Waals surface area contributed by atoms with Gasteiger partial charge in [0.25, 0.3) is 0 Å². The van der Waals surface area contributed by atoms with Crippen LogP contribution in [0.3, 0.4) is 0 Å². The molecule has 2 fully saturated rings. The van der Waals surface area contributed by atoms with Gasteiger partial charge in [-0.15, -0.1) is 0 Å². The molecule has 2 heterocycles. The van der Waals surface area contributed by atoms with Gasteiger partial charge in [0, 0.05) is 38.3 Å². The van der Waals surface area contributed by atoms with Gasteiger partial charge in [0.2, 0.25) is 11.8 Å². The van der Waals surface area contributed by atoms with E-state index in [0.717, 1.165) is 51.0 Å². The predicted octanol–water partition coefficient (Wildman–Crippen LogP) is 2.13. The maximum absolute atomic E-state index is 12.6. The van der Waals surface area contributed by atoms with Crippen LogP contribution in [-0.2, 0) is 9.59 Å². The van der Waals surface area contributed by atoms with Crippen LogP contribution in [-0.4, -0.2) is 60.9 Å². The van der Waals surface area contributed by atoms with Crippen molar-refractivity contribution in [1.82, 2.24) is 9.80 Å². The Labute approximate surface area is 144 Å². The number of hydrogen-bond acceptors (Lipinski definition) is 3. The lowest BCUT2D eigenvalue weighted by Crippen LogP contribution is -2.53. The van der Waals surface area contributed by atoms with Crippen molar-refractivity contribution in [1.29, 1.82) is 0 Å². The highest BCUT2D eigenvalue weighted by Crippen LogP contribution is 2.21. The minimum absolute atomic E-state index is 0.104. The van der Waals surface area contributed by atoms with E-state index in [1.54, 1.807) is 4.90 Å². The highest BCUT2D eigenvalue weighted by Gasteiger charge is 2.30. The normalized spacial score (nSPS) is 22.5. The minimum atomic E-state index is 0.104. The summed E-state index contributed by atoms with van der Waals surface area (Å²) in [6.07, 6.45) is 4.93. The quantitative estimate of drug-likeness (QED) is 0.850. The van der Waals surface area contributed by atoms with Gasteiger partial charge in [-0.1, -0.05) is 18.2 Å². The third-order valence-electron chi connectivity index (χ3n) is 5.16. The van der Waals surface area contributed by atoms with E-state index in [2.05, 4.69) is 9.80 Å². The zero-order valence-corrected chi connectivity index (χ0v) is 14.5. The van der Waals surface area contributed by atoms with Crippen molar-refractivity contribution in [3.05, 3.63) is 30.3 Å². The van der Waals surface area contributed by atoms with Crippen LogP contribution in [0, 0.1) is 0 Å². The van der Waals surface area contributed by atoms with Crippen LogP contribution in [0.1, 0.15) is 32.1 Å². The number of likely N-dealkylation sites (tertiary alicyclic amines) is 2. The summed E-state index contributed by atoms with van der Waals surface area (Å²) in [7, 11) is 1.83. The van der Waals surface area contributed by atoms with Gasteiger partial charge in [0.15, 0.2) is 0 Å². The number of para-hydroxylation sites is 1. The number of anilines is 1. The summed E-state index contributed by atoms with van der Waals surface area (Å²) in [5.74, 6) is 0.396. The fraction of sp³-hybridized carbons (Fsp3) is 0.579. The van der Waals surface area contributed by atoms with Crippen LogP contribution in [0.5, 0.6) is 0 Å². The molecule has 0 spiro atoms. The molecule has 3 rings (SSSR count). The summed E-state index contributed by atoms with van der Waals surface area (Å²) in [6.45, 7) is 3.06. The highest BCUT2D eigenvalue weighted by molar-refractivity contribution is 5.94. The first-order valence-corrected chi connectivity index (χ1v) is 8.98. The molecule has 2 saturated heterocycles. The van der Waals surface area contributed by atoms with Gasteiger partial charge in [-0.05, 0) is 44.4 Å². The zero-order valence-electron chi connectivity index (χ0n) is 14.5. The van der Waals surface area contributed by atoms with E-state index >= 15 is 0 Å². The molecular weight excluding hydrogens is 302 g/mol. The third kappa shape index (κ3) is 3.96. The standard InChI is InChI=1S/C19H27N3O2/c1-20(16-8-3-2-4-9-16)19(24)15-21-12-7-10-17(14-21)22-13-6-5-11-18(22)23/h2-4,8-9,17H,5-7,10-15H2,1H3. The summed E-state index contributed by atoms with van der Waals surface area (Å²) < 4.78 is 0. The molecule has 130 valence electrons. The summed E-state index contributed by atoms with van der Waals surface area (Å²) >= 11 is 0. The Kier molecular flexibility index (Phi) is 5.51. The predicted molar refractivity (Wildman–Crippen MR) is 94.9 cm³/mol. The largest absolute Gasteiger partial charge is 0.338 e. The van der Waals surface area contributed by atoms with E-state index in [9.17, 15) is 9.59 Å². The Balaban J connectivity index is 1.57. The molecule has 5 nitrogen and oxygen atoms in total. The van der Waals surface area contributed by atoms with Crippen molar-refractivity contribution < 1.29 is 9.59 Å². The first-order chi connectivity index (χ1) is 11.6. The van der Waals surface area contributed by atoms with E-state index in [4.69, 9.17) is 0 Å². The molecule has 5 heteroatoms. The van der Waals surface area contributed by atoms with Crippen molar-refractivity contribution in [2.24, 2.45) is 0 Å². The molecule has 1 aromatic carbocycles. The number of carbonyl (C=O) groups is 2. The smallest absolute Gasteiger partial charge is 0.240 e. The number of nitrogens with zero attached hydrogens (tertiary/aromatic N) is 3. The number of rotatable bonds is 4. The van der Waals surface area contributed by atoms with Crippen molar-refractivity contribution in [3.8, 4) is 0 Å². The molecule has 0 aromatic heterocycles. The monoisotopic (exact) mass is 329 g/mol. The van der Waals surface area contributed by atoms with Crippen molar-refractivity contribution in [2.75, 3.05) is 38.1 Å². The maximum atomic E-state index is 12.6. The van der Waals surface area contributed by atoms with Crippen molar-refractivity contribution >= 4 is 17.5 Å². The molecule has 1 atom stereocenters. The van der Waals surface area contributed by atoms with Crippen LogP contribution in [0.15, 0.2) is 30.3 Å². The molecule has 0 radical (unpaired) electrons. The van der Waals surface area contributed by atoms with E-state index in [0.29, 0.717) is 18.9 Å². The van der Waals surface area contributed by atoms with Gasteiger partial charge in [0.05, 0.1) is 6.54 Å². The number of likely N-dealkylation sites (N-methyl/N-ethyl adjacent to an activating group) is 1. The SMILES string of the molecule is CN(C(=O)CN1CCCC(N2CCCCC2=O)C1)c1ccccc1. The van der Waals surface area contributed by atoms with E-state index in [-0.39, 0.29) is 11.9 Å². The minimum Gasteiger partial charge on any atom is -0.338 e. The fourth-order valence-electron chi connectivity index (χ4n) is 3.73. The Morgan fingerprint density at radius 3 is 2.71 bits per heavy atom. The Bertz CT molecular complexity index is 575. The second-order valence-electron chi connectivity index (χ2n) is 6.86. The zero-order chi connectivity index (χ0) is 16.9. The van der Waals surface area contributed by atoms with Crippen LogP contribution in [0.2, 0.25) is 0 Å². The number of carbonyl (C=O) groups excluding carboxylic acids is 2. The van der Waals surface area contributed by atoms with Gasteiger partial charge in [-0.2, -0.15) is 0 Å². The van der Waals surface area contributed by atoms with Crippen molar-refractivity contribution in [3.63, 3.8) is 0 Å². The topological polar surface area (TPSA) is 43.9 Å². The Hall–Kier alpha value is -1.88. The van der Waals surface area contributed by atoms with Crippen LogP contribution in [0.25, 0.3) is 0 Å². The van der Waals surface area contributed by atoms with Crippen LogP contribution >= 0.6 is 0 Å². The number of hydrogen-bond donors (Lipinski definition) is 0. The number of benzene rings is 1. The molecule has 2 amide bonds. The first kappa shape index (κ1) is 17.0. The molecule has 1 unspecified atom stereocenters. The second-order valence-corrected chi connectivity index (χ2v) is 6.86. The number of amides is 2. The van der Waals surface area contributed by atoms with Crippen LogP contribution < -0.4 is 4.90 Å². The maximum Gasteiger partial charge on any atom is 0.240 e. The lowest BCUT2D eigenvalue weighted by Gasteiger charge is -2.41. The van der Waals surface area contributed by atoms with Gasteiger partial charge >= 0.3 is 0 Å². The molecule has 0 bridgehead atoms. The van der Waals surface area contributed by atoms with Gasteiger partial charge < -0.3 is 9.80 Å². The second kappa shape index (κ2) is 7.79. The van der Waals surface area contributed by atoms with E-state index < -0.39 is 0 Å². The molecule has 1 aromatic rings. The first-order valence-electron chi connectivity index (χ1n) is 8.98.